The highest BCUT2D eigenvalue weighted by atomic mass is 16.5. The Hall–Kier alpha value is -0.650. The summed E-state index contributed by atoms with van der Waals surface area (Å²) >= 11 is 0. The second-order valence-corrected chi connectivity index (χ2v) is 5.32. The third-order valence-corrected chi connectivity index (χ3v) is 3.94. The van der Waals surface area contributed by atoms with E-state index in [9.17, 15) is 9.90 Å². The van der Waals surface area contributed by atoms with Crippen molar-refractivity contribution < 1.29 is 19.4 Å². The molecule has 2 N–H and O–H groups in total. The second-order valence-electron chi connectivity index (χ2n) is 5.32. The molecule has 0 aromatic rings. The third-order valence-electron chi connectivity index (χ3n) is 3.94. The molecule has 0 aromatic carbocycles. The van der Waals surface area contributed by atoms with Crippen LogP contribution in [0, 0.1) is 5.92 Å². The average molecular weight is 257 g/mol. The molecule has 1 saturated carbocycles. The highest BCUT2D eigenvalue weighted by molar-refractivity contribution is 5.72. The fourth-order valence-electron chi connectivity index (χ4n) is 2.81. The molecule has 0 unspecified atom stereocenters. The number of ether oxygens (including phenoxy) is 2. The molecule has 2 atom stereocenters. The van der Waals surface area contributed by atoms with Gasteiger partial charge in [0, 0.05) is 12.6 Å². The van der Waals surface area contributed by atoms with Crippen molar-refractivity contribution in [1.29, 1.82) is 0 Å². The molecule has 0 spiro atoms. The maximum absolute atomic E-state index is 11.4. The summed E-state index contributed by atoms with van der Waals surface area (Å²) in [6.45, 7) is 1.33. The molecule has 2 fully saturated rings. The fraction of sp³-hybridized carbons (Fsp3) is 0.923. The van der Waals surface area contributed by atoms with E-state index in [4.69, 9.17) is 9.47 Å². The lowest BCUT2D eigenvalue weighted by molar-refractivity contribution is -0.147. The number of β-amino-alcohol motifs (C(OH)–C–C–N with tert-alkyl or cyclic N) is 1. The molecular formula is C13H23NO4. The smallest absolute Gasteiger partial charge is 0.308 e. The van der Waals surface area contributed by atoms with Gasteiger partial charge in [-0.3, -0.25) is 4.79 Å². The number of nitrogens with one attached hydrogen (secondary N) is 1. The summed E-state index contributed by atoms with van der Waals surface area (Å²) in [6, 6.07) is 0.276. The number of hydrogen-bond acceptors (Lipinski definition) is 5. The Morgan fingerprint density at radius 1 is 1.33 bits per heavy atom. The van der Waals surface area contributed by atoms with Crippen molar-refractivity contribution in [3.8, 4) is 0 Å². The van der Waals surface area contributed by atoms with Crippen molar-refractivity contribution in [2.75, 3.05) is 20.3 Å². The molecule has 0 aromatic heterocycles. The van der Waals surface area contributed by atoms with Gasteiger partial charge in [-0.25, -0.2) is 0 Å². The maximum Gasteiger partial charge on any atom is 0.308 e. The largest absolute Gasteiger partial charge is 0.469 e. The fourth-order valence-corrected chi connectivity index (χ4v) is 2.81. The standard InChI is InChI=1S/C13H23NO4/c1-17-13(16)9-2-4-12(5-3-9)18-8-10-6-11(15)7-14-10/h9-12,14-15H,2-8H2,1H3/t9?,10-,11+,12?/m0/s1. The summed E-state index contributed by atoms with van der Waals surface area (Å²) in [5, 5.41) is 12.6. The zero-order valence-electron chi connectivity index (χ0n) is 10.9. The predicted molar refractivity (Wildman–Crippen MR) is 66.1 cm³/mol. The molecule has 5 heteroatoms. The molecule has 18 heavy (non-hydrogen) atoms. The minimum atomic E-state index is -0.228. The first kappa shape index (κ1) is 13.8. The molecule has 0 amide bonds. The van der Waals surface area contributed by atoms with E-state index in [0.29, 0.717) is 13.2 Å². The van der Waals surface area contributed by atoms with Crippen LogP contribution < -0.4 is 5.32 Å². The van der Waals surface area contributed by atoms with Gasteiger partial charge in [0.2, 0.25) is 0 Å². The lowest BCUT2D eigenvalue weighted by Gasteiger charge is -2.27. The van der Waals surface area contributed by atoms with Gasteiger partial charge in [0.15, 0.2) is 0 Å². The summed E-state index contributed by atoms with van der Waals surface area (Å²) in [5.41, 5.74) is 0. The van der Waals surface area contributed by atoms with Crippen molar-refractivity contribution in [3.63, 3.8) is 0 Å². The highest BCUT2D eigenvalue weighted by Gasteiger charge is 2.28. The number of carbonyl (C=O) groups excluding carboxylic acids is 1. The summed E-state index contributed by atoms with van der Waals surface area (Å²) in [5.74, 6) is -0.0321. The quantitative estimate of drug-likeness (QED) is 0.716. The average Bonchev–Trinajstić information content (AvgIpc) is 2.82. The van der Waals surface area contributed by atoms with Crippen LogP contribution in [0.1, 0.15) is 32.1 Å². The van der Waals surface area contributed by atoms with Crippen LogP contribution in [0.2, 0.25) is 0 Å². The van der Waals surface area contributed by atoms with E-state index in [-0.39, 0.29) is 30.1 Å². The molecule has 1 aliphatic heterocycles. The van der Waals surface area contributed by atoms with Crippen molar-refractivity contribution in [2.24, 2.45) is 5.92 Å². The summed E-state index contributed by atoms with van der Waals surface area (Å²) in [4.78, 5) is 11.4. The van der Waals surface area contributed by atoms with E-state index in [0.717, 1.165) is 32.1 Å². The summed E-state index contributed by atoms with van der Waals surface area (Å²) in [6.07, 6.45) is 4.37. The molecule has 1 aliphatic carbocycles. The predicted octanol–water partition coefficient (Wildman–Crippen LogP) is 0.458. The third kappa shape index (κ3) is 3.67. The van der Waals surface area contributed by atoms with Crippen LogP contribution in [0.4, 0.5) is 0 Å². The lowest BCUT2D eigenvalue weighted by atomic mass is 9.87. The Balaban J connectivity index is 1.63. The van der Waals surface area contributed by atoms with E-state index in [1.165, 1.54) is 7.11 Å². The molecule has 0 radical (unpaired) electrons. The Morgan fingerprint density at radius 2 is 2.06 bits per heavy atom. The minimum absolute atomic E-state index is 0.0567. The van der Waals surface area contributed by atoms with Crippen LogP contribution in [0.15, 0.2) is 0 Å². The zero-order valence-corrected chi connectivity index (χ0v) is 10.9. The first-order chi connectivity index (χ1) is 8.69. The van der Waals surface area contributed by atoms with Crippen LogP contribution in [0.5, 0.6) is 0 Å². The van der Waals surface area contributed by atoms with Crippen LogP contribution in [-0.4, -0.2) is 49.6 Å². The van der Waals surface area contributed by atoms with Gasteiger partial charge in [0.05, 0.1) is 31.8 Å². The molecule has 1 saturated heterocycles. The van der Waals surface area contributed by atoms with Crippen LogP contribution in [0.3, 0.4) is 0 Å². The topological polar surface area (TPSA) is 67.8 Å². The van der Waals surface area contributed by atoms with E-state index in [1.54, 1.807) is 0 Å². The highest BCUT2D eigenvalue weighted by Crippen LogP contribution is 2.27. The monoisotopic (exact) mass is 257 g/mol. The normalized spacial score (nSPS) is 36.6. The van der Waals surface area contributed by atoms with Crippen LogP contribution in [0.25, 0.3) is 0 Å². The first-order valence-electron chi connectivity index (χ1n) is 6.80. The number of carbonyl (C=O) groups is 1. The minimum Gasteiger partial charge on any atom is -0.469 e. The number of esters is 1. The number of hydrogen-bond donors (Lipinski definition) is 2. The molecule has 5 nitrogen and oxygen atoms in total. The van der Waals surface area contributed by atoms with Gasteiger partial charge in [-0.1, -0.05) is 0 Å². The molecule has 1 heterocycles. The van der Waals surface area contributed by atoms with E-state index >= 15 is 0 Å². The van der Waals surface area contributed by atoms with Crippen LogP contribution in [-0.2, 0) is 14.3 Å². The summed E-state index contributed by atoms with van der Waals surface area (Å²) < 4.78 is 10.6. The Labute approximate surface area is 108 Å². The molecule has 0 bridgehead atoms. The number of methoxy groups -OCH3 is 1. The van der Waals surface area contributed by atoms with Gasteiger partial charge < -0.3 is 19.9 Å². The Morgan fingerprint density at radius 3 is 2.61 bits per heavy atom. The van der Waals surface area contributed by atoms with E-state index in [1.807, 2.05) is 0 Å². The second kappa shape index (κ2) is 6.50. The van der Waals surface area contributed by atoms with Gasteiger partial charge in [0.25, 0.3) is 0 Å². The number of aliphatic hydroxyl groups is 1. The lowest BCUT2D eigenvalue weighted by Crippen LogP contribution is -2.32. The Bertz CT molecular complexity index is 276. The molecule has 2 aliphatic rings. The SMILES string of the molecule is COC(=O)C1CCC(OC[C@@H]2C[C@@H](O)CN2)CC1. The summed E-state index contributed by atoms with van der Waals surface area (Å²) in [7, 11) is 1.45. The Kier molecular flexibility index (Phi) is 4.97. The molecular weight excluding hydrogens is 234 g/mol. The van der Waals surface area contributed by atoms with Gasteiger partial charge in [-0.15, -0.1) is 0 Å². The van der Waals surface area contributed by atoms with Gasteiger partial charge >= 0.3 is 5.97 Å². The van der Waals surface area contributed by atoms with E-state index in [2.05, 4.69) is 5.32 Å². The number of rotatable bonds is 4. The van der Waals surface area contributed by atoms with Crippen molar-refractivity contribution in [1.82, 2.24) is 5.32 Å². The van der Waals surface area contributed by atoms with Crippen LogP contribution >= 0.6 is 0 Å². The number of aliphatic hydroxyl groups excluding tert-OH is 1. The van der Waals surface area contributed by atoms with Gasteiger partial charge in [-0.05, 0) is 32.1 Å². The van der Waals surface area contributed by atoms with Crippen molar-refractivity contribution >= 4 is 5.97 Å². The van der Waals surface area contributed by atoms with Gasteiger partial charge in [-0.2, -0.15) is 0 Å². The van der Waals surface area contributed by atoms with Gasteiger partial charge in [0.1, 0.15) is 0 Å². The van der Waals surface area contributed by atoms with E-state index < -0.39 is 0 Å². The first-order valence-corrected chi connectivity index (χ1v) is 6.80. The van der Waals surface area contributed by atoms with Crippen molar-refractivity contribution in [2.45, 2.75) is 50.4 Å². The molecule has 104 valence electrons. The molecule has 2 rings (SSSR count). The van der Waals surface area contributed by atoms with Crippen molar-refractivity contribution in [3.05, 3.63) is 0 Å². The zero-order chi connectivity index (χ0) is 13.0. The maximum atomic E-state index is 11.4.